The Balaban J connectivity index is 1.69. The number of aromatic amines is 2. The van der Waals surface area contributed by atoms with Crippen LogP contribution in [0.2, 0.25) is 0 Å². The van der Waals surface area contributed by atoms with Gasteiger partial charge in [-0.3, -0.25) is 15.2 Å². The van der Waals surface area contributed by atoms with Crippen molar-refractivity contribution in [2.24, 2.45) is 0 Å². The van der Waals surface area contributed by atoms with Gasteiger partial charge >= 0.3 is 5.69 Å². The lowest BCUT2D eigenvalue weighted by molar-refractivity contribution is -0.383. The summed E-state index contributed by atoms with van der Waals surface area (Å²) in [6.45, 7) is 0.672. The highest BCUT2D eigenvalue weighted by molar-refractivity contribution is 5.56. The number of nitrogens with one attached hydrogen (secondary N) is 3. The number of hydrogen-bond donors (Lipinski definition) is 3. The summed E-state index contributed by atoms with van der Waals surface area (Å²) >= 11 is 0. The fourth-order valence-electron chi connectivity index (χ4n) is 1.63. The van der Waals surface area contributed by atoms with Gasteiger partial charge in [-0.1, -0.05) is 0 Å². The van der Waals surface area contributed by atoms with Crippen LogP contribution >= 0.6 is 0 Å². The molecule has 0 unspecified atom stereocenters. The number of hydrogen-bond acceptors (Lipinski definition) is 5. The summed E-state index contributed by atoms with van der Waals surface area (Å²) in [6, 6.07) is 1.44. The summed E-state index contributed by atoms with van der Waals surface area (Å²) in [6.07, 6.45) is 5.73. The molecule has 0 bridgehead atoms. The second kappa shape index (κ2) is 5.80. The summed E-state index contributed by atoms with van der Waals surface area (Å²) in [5, 5.41) is 20.3. The molecule has 18 heavy (non-hydrogen) atoms. The number of unbranched alkanes of at least 4 members (excludes halogenated alkanes) is 1. The van der Waals surface area contributed by atoms with Crippen LogP contribution in [0, 0.1) is 10.1 Å². The molecular weight excluding hydrogens is 236 g/mol. The van der Waals surface area contributed by atoms with E-state index in [9.17, 15) is 10.1 Å². The molecule has 8 nitrogen and oxygen atoms in total. The van der Waals surface area contributed by atoms with E-state index in [1.165, 1.54) is 6.07 Å². The lowest BCUT2D eigenvalue weighted by atomic mass is 10.2. The number of aryl methyl sites for hydroxylation is 1. The smallest absolute Gasteiger partial charge is 0.310 e. The van der Waals surface area contributed by atoms with Crippen LogP contribution in [0.5, 0.6) is 0 Å². The standard InChI is InChI=1S/C10H14N6O2/c17-16(18)8-4-6-12-10(8)11-5-2-1-3-9-13-7-14-15-9/h4,6-7,11-12H,1-3,5H2,(H,13,14,15). The molecule has 2 heterocycles. The Morgan fingerprint density at radius 1 is 1.44 bits per heavy atom. The van der Waals surface area contributed by atoms with E-state index in [4.69, 9.17) is 0 Å². The molecule has 2 rings (SSSR count). The minimum atomic E-state index is -0.410. The van der Waals surface area contributed by atoms with Crippen molar-refractivity contribution in [3.63, 3.8) is 0 Å². The highest BCUT2D eigenvalue weighted by Crippen LogP contribution is 2.21. The largest absolute Gasteiger partial charge is 0.366 e. The lowest BCUT2D eigenvalue weighted by Crippen LogP contribution is -2.04. The van der Waals surface area contributed by atoms with Crippen LogP contribution in [-0.2, 0) is 6.42 Å². The van der Waals surface area contributed by atoms with Gasteiger partial charge in [0.25, 0.3) is 0 Å². The summed E-state index contributed by atoms with van der Waals surface area (Å²) in [4.78, 5) is 17.1. The van der Waals surface area contributed by atoms with Crippen LogP contribution in [-0.4, -0.2) is 31.6 Å². The van der Waals surface area contributed by atoms with Crippen LogP contribution < -0.4 is 5.32 Å². The first kappa shape index (κ1) is 12.1. The Bertz CT molecular complexity index is 492. The van der Waals surface area contributed by atoms with Crippen molar-refractivity contribution in [3.05, 3.63) is 34.5 Å². The molecule has 0 radical (unpaired) electrons. The number of nitro groups is 1. The van der Waals surface area contributed by atoms with Gasteiger partial charge in [-0.05, 0) is 12.8 Å². The first-order chi connectivity index (χ1) is 8.77. The Morgan fingerprint density at radius 3 is 3.06 bits per heavy atom. The Morgan fingerprint density at radius 2 is 2.33 bits per heavy atom. The fraction of sp³-hybridized carbons (Fsp3) is 0.400. The predicted molar refractivity (Wildman–Crippen MR) is 65.3 cm³/mol. The van der Waals surface area contributed by atoms with Gasteiger partial charge in [-0.25, -0.2) is 4.98 Å². The van der Waals surface area contributed by atoms with Gasteiger partial charge in [0.05, 0.1) is 4.92 Å². The van der Waals surface area contributed by atoms with Crippen molar-refractivity contribution in [2.75, 3.05) is 11.9 Å². The van der Waals surface area contributed by atoms with E-state index < -0.39 is 4.92 Å². The van der Waals surface area contributed by atoms with E-state index in [-0.39, 0.29) is 5.69 Å². The molecular formula is C10H14N6O2. The molecule has 0 aliphatic rings. The minimum Gasteiger partial charge on any atom is -0.366 e. The van der Waals surface area contributed by atoms with Gasteiger partial charge in [0.1, 0.15) is 12.2 Å². The molecule has 2 aromatic heterocycles. The molecule has 0 saturated heterocycles. The first-order valence-corrected chi connectivity index (χ1v) is 5.67. The van der Waals surface area contributed by atoms with Gasteiger partial charge in [-0.2, -0.15) is 5.10 Å². The highest BCUT2D eigenvalue weighted by atomic mass is 16.6. The molecule has 2 aromatic rings. The normalized spacial score (nSPS) is 10.4. The molecule has 0 aliphatic carbocycles. The number of rotatable bonds is 7. The van der Waals surface area contributed by atoms with Crippen LogP contribution in [0.3, 0.4) is 0 Å². The maximum Gasteiger partial charge on any atom is 0.310 e. The van der Waals surface area contributed by atoms with E-state index in [1.807, 2.05) is 0 Å². The number of anilines is 1. The molecule has 3 N–H and O–H groups in total. The topological polar surface area (TPSA) is 113 Å². The van der Waals surface area contributed by atoms with E-state index in [0.717, 1.165) is 25.1 Å². The molecule has 0 amide bonds. The average molecular weight is 250 g/mol. The molecule has 0 aliphatic heterocycles. The lowest BCUT2D eigenvalue weighted by Gasteiger charge is -2.02. The van der Waals surface area contributed by atoms with Crippen LogP contribution in [0.15, 0.2) is 18.6 Å². The number of aromatic nitrogens is 4. The van der Waals surface area contributed by atoms with Crippen LogP contribution in [0.1, 0.15) is 18.7 Å². The maximum atomic E-state index is 10.7. The molecule has 0 fully saturated rings. The summed E-state index contributed by atoms with van der Waals surface area (Å²) in [7, 11) is 0. The number of H-pyrrole nitrogens is 2. The van der Waals surface area contributed by atoms with Gasteiger partial charge in [0, 0.05) is 25.2 Å². The van der Waals surface area contributed by atoms with Crippen molar-refractivity contribution < 1.29 is 4.92 Å². The van der Waals surface area contributed by atoms with E-state index in [2.05, 4.69) is 25.5 Å². The Hall–Kier alpha value is -2.38. The van der Waals surface area contributed by atoms with E-state index >= 15 is 0 Å². The molecule has 8 heteroatoms. The zero-order chi connectivity index (χ0) is 12.8. The number of nitrogens with zero attached hydrogens (tertiary/aromatic N) is 3. The monoisotopic (exact) mass is 250 g/mol. The molecule has 0 saturated carbocycles. The average Bonchev–Trinajstić information content (AvgIpc) is 2.98. The first-order valence-electron chi connectivity index (χ1n) is 5.67. The van der Waals surface area contributed by atoms with E-state index in [0.29, 0.717) is 12.4 Å². The van der Waals surface area contributed by atoms with Crippen molar-refractivity contribution in [1.82, 2.24) is 20.2 Å². The third-order valence-corrected chi connectivity index (χ3v) is 2.52. The third kappa shape index (κ3) is 3.06. The van der Waals surface area contributed by atoms with Crippen molar-refractivity contribution in [1.29, 1.82) is 0 Å². The van der Waals surface area contributed by atoms with Crippen molar-refractivity contribution in [3.8, 4) is 0 Å². The zero-order valence-corrected chi connectivity index (χ0v) is 9.72. The van der Waals surface area contributed by atoms with E-state index in [1.54, 1.807) is 12.5 Å². The molecule has 0 atom stereocenters. The zero-order valence-electron chi connectivity index (χ0n) is 9.72. The molecule has 0 aromatic carbocycles. The Kier molecular flexibility index (Phi) is 3.90. The van der Waals surface area contributed by atoms with Crippen molar-refractivity contribution >= 4 is 11.5 Å². The fourth-order valence-corrected chi connectivity index (χ4v) is 1.63. The SMILES string of the molecule is O=[N+]([O-])c1cc[nH]c1NCCCCc1nc[nH]n1. The highest BCUT2D eigenvalue weighted by Gasteiger charge is 2.13. The summed E-state index contributed by atoms with van der Waals surface area (Å²) in [5.74, 6) is 1.25. The maximum absolute atomic E-state index is 10.7. The third-order valence-electron chi connectivity index (χ3n) is 2.52. The summed E-state index contributed by atoms with van der Waals surface area (Å²) < 4.78 is 0. The summed E-state index contributed by atoms with van der Waals surface area (Å²) in [5.41, 5.74) is 0.0731. The van der Waals surface area contributed by atoms with Crippen molar-refractivity contribution in [2.45, 2.75) is 19.3 Å². The van der Waals surface area contributed by atoms with Gasteiger partial charge < -0.3 is 10.3 Å². The Labute approximate surface area is 103 Å². The van der Waals surface area contributed by atoms with Crippen LogP contribution in [0.4, 0.5) is 11.5 Å². The van der Waals surface area contributed by atoms with Gasteiger partial charge in [-0.15, -0.1) is 0 Å². The predicted octanol–water partition coefficient (Wildman–Crippen LogP) is 1.48. The second-order valence-electron chi connectivity index (χ2n) is 3.79. The minimum absolute atomic E-state index is 0.0731. The second-order valence-corrected chi connectivity index (χ2v) is 3.79. The van der Waals surface area contributed by atoms with Gasteiger partial charge in [0.2, 0.25) is 0 Å². The molecule has 0 spiro atoms. The molecule has 96 valence electrons. The quantitative estimate of drug-likeness (QED) is 0.391. The van der Waals surface area contributed by atoms with Gasteiger partial charge in [0.15, 0.2) is 5.82 Å². The van der Waals surface area contributed by atoms with Crippen LogP contribution in [0.25, 0.3) is 0 Å².